The molecule has 4 rings (SSSR count). The lowest BCUT2D eigenvalue weighted by molar-refractivity contribution is 0.846. The van der Waals surface area contributed by atoms with Crippen LogP contribution in [-0.4, -0.2) is 26.1 Å². The van der Waals surface area contributed by atoms with Crippen LogP contribution in [-0.2, 0) is 12.8 Å². The molecule has 0 unspecified atom stereocenters. The lowest BCUT2D eigenvalue weighted by atomic mass is 10.2. The minimum Gasteiger partial charge on any atom is -0.369 e. The second-order valence-electron chi connectivity index (χ2n) is 5.04. The van der Waals surface area contributed by atoms with Gasteiger partial charge in [-0.2, -0.15) is 14.6 Å². The van der Waals surface area contributed by atoms with Crippen molar-refractivity contribution < 1.29 is 0 Å². The molecule has 0 bridgehead atoms. The highest BCUT2D eigenvalue weighted by Crippen LogP contribution is 2.31. The van der Waals surface area contributed by atoms with Gasteiger partial charge in [0, 0.05) is 12.1 Å². The zero-order chi connectivity index (χ0) is 11.2. The van der Waals surface area contributed by atoms with Crippen molar-refractivity contribution in [2.24, 2.45) is 5.92 Å². The first-order chi connectivity index (χ1) is 8.42. The zero-order valence-electron chi connectivity index (χ0n) is 9.69. The minimum absolute atomic E-state index is 0.726. The molecule has 2 heterocycles. The van der Waals surface area contributed by atoms with E-state index in [2.05, 4.69) is 20.4 Å². The highest BCUT2D eigenvalue weighted by Gasteiger charge is 2.24. The number of nitrogens with zero attached hydrogens (tertiary/aromatic N) is 4. The number of aryl methyl sites for hydroxylation is 1. The molecule has 17 heavy (non-hydrogen) atoms. The van der Waals surface area contributed by atoms with Crippen LogP contribution in [0.25, 0.3) is 5.78 Å². The Morgan fingerprint density at radius 1 is 1.35 bits per heavy atom. The van der Waals surface area contributed by atoms with Gasteiger partial charge in [0.2, 0.25) is 0 Å². The fourth-order valence-corrected chi connectivity index (χ4v) is 2.57. The molecule has 1 fully saturated rings. The molecule has 0 saturated heterocycles. The first-order valence-corrected chi connectivity index (χ1v) is 6.37. The smallest absolute Gasteiger partial charge is 0.254 e. The molecule has 2 aromatic heterocycles. The van der Waals surface area contributed by atoms with Gasteiger partial charge in [0.1, 0.15) is 12.1 Å². The monoisotopic (exact) mass is 229 g/mol. The largest absolute Gasteiger partial charge is 0.369 e. The Balaban J connectivity index is 1.81. The molecule has 0 aromatic carbocycles. The van der Waals surface area contributed by atoms with Gasteiger partial charge in [-0.1, -0.05) is 0 Å². The summed E-state index contributed by atoms with van der Waals surface area (Å²) in [5.41, 5.74) is 2.56. The van der Waals surface area contributed by atoms with Crippen molar-refractivity contribution in [2.45, 2.75) is 32.1 Å². The molecular formula is C12H15N5. The molecule has 0 radical (unpaired) electrons. The van der Waals surface area contributed by atoms with Crippen molar-refractivity contribution in [1.29, 1.82) is 0 Å². The molecule has 2 aliphatic rings. The predicted octanol–water partition coefficient (Wildman–Crippen LogP) is 1.43. The second kappa shape index (κ2) is 3.42. The van der Waals surface area contributed by atoms with Crippen LogP contribution in [0.5, 0.6) is 0 Å². The fraction of sp³-hybridized carbons (Fsp3) is 0.583. The van der Waals surface area contributed by atoms with E-state index in [4.69, 9.17) is 0 Å². The molecule has 5 nitrogen and oxygen atoms in total. The average molecular weight is 229 g/mol. The molecular weight excluding hydrogens is 214 g/mol. The molecule has 0 atom stereocenters. The van der Waals surface area contributed by atoms with E-state index >= 15 is 0 Å². The van der Waals surface area contributed by atoms with Crippen molar-refractivity contribution >= 4 is 11.6 Å². The third kappa shape index (κ3) is 1.49. The van der Waals surface area contributed by atoms with E-state index in [1.54, 1.807) is 6.33 Å². The average Bonchev–Trinajstić information content (AvgIpc) is 2.86. The molecule has 88 valence electrons. The van der Waals surface area contributed by atoms with Crippen LogP contribution in [0.1, 0.15) is 30.5 Å². The number of nitrogens with one attached hydrogen (secondary N) is 1. The highest BCUT2D eigenvalue weighted by atomic mass is 15.4. The van der Waals surface area contributed by atoms with Gasteiger partial charge in [-0.15, -0.1) is 0 Å². The molecule has 0 spiro atoms. The lowest BCUT2D eigenvalue weighted by Crippen LogP contribution is -2.12. The topological polar surface area (TPSA) is 55.1 Å². The van der Waals surface area contributed by atoms with E-state index in [9.17, 15) is 0 Å². The van der Waals surface area contributed by atoms with Gasteiger partial charge in [-0.25, -0.2) is 4.98 Å². The van der Waals surface area contributed by atoms with Crippen LogP contribution < -0.4 is 5.32 Å². The van der Waals surface area contributed by atoms with Gasteiger partial charge in [-0.3, -0.25) is 0 Å². The first kappa shape index (κ1) is 9.39. The number of hydrogen-bond donors (Lipinski definition) is 1. The summed E-state index contributed by atoms with van der Waals surface area (Å²) in [5, 5.41) is 7.83. The maximum Gasteiger partial charge on any atom is 0.254 e. The van der Waals surface area contributed by atoms with Crippen LogP contribution in [0.2, 0.25) is 0 Å². The van der Waals surface area contributed by atoms with Gasteiger partial charge in [0.15, 0.2) is 0 Å². The Morgan fingerprint density at radius 2 is 2.29 bits per heavy atom. The van der Waals surface area contributed by atoms with E-state index in [0.717, 1.165) is 36.9 Å². The van der Waals surface area contributed by atoms with Crippen LogP contribution in [0, 0.1) is 5.92 Å². The molecule has 0 aliphatic heterocycles. The normalized spacial score (nSPS) is 18.6. The summed E-state index contributed by atoms with van der Waals surface area (Å²) in [6.45, 7) is 1.06. The molecule has 1 N–H and O–H groups in total. The Labute approximate surface area is 99.3 Å². The maximum absolute atomic E-state index is 4.57. The zero-order valence-corrected chi connectivity index (χ0v) is 9.69. The Hall–Kier alpha value is -1.65. The molecule has 2 aliphatic carbocycles. The van der Waals surface area contributed by atoms with Gasteiger partial charge in [0.05, 0.1) is 5.69 Å². The molecule has 2 aromatic rings. The van der Waals surface area contributed by atoms with E-state index in [-0.39, 0.29) is 0 Å². The van der Waals surface area contributed by atoms with E-state index in [1.807, 2.05) is 4.52 Å². The first-order valence-electron chi connectivity index (χ1n) is 6.37. The van der Waals surface area contributed by atoms with Crippen molar-refractivity contribution in [3.05, 3.63) is 17.6 Å². The summed E-state index contributed by atoms with van der Waals surface area (Å²) >= 11 is 0. The summed E-state index contributed by atoms with van der Waals surface area (Å²) in [5.74, 6) is 2.72. The van der Waals surface area contributed by atoms with Crippen LogP contribution in [0.3, 0.4) is 0 Å². The van der Waals surface area contributed by atoms with E-state index in [0.29, 0.717) is 0 Å². The third-order valence-corrected chi connectivity index (χ3v) is 3.71. The van der Waals surface area contributed by atoms with Gasteiger partial charge in [0.25, 0.3) is 5.78 Å². The Kier molecular flexibility index (Phi) is 1.89. The van der Waals surface area contributed by atoms with Crippen LogP contribution >= 0.6 is 0 Å². The van der Waals surface area contributed by atoms with Crippen molar-refractivity contribution in [2.75, 3.05) is 11.9 Å². The third-order valence-electron chi connectivity index (χ3n) is 3.71. The fourth-order valence-electron chi connectivity index (χ4n) is 2.57. The summed E-state index contributed by atoms with van der Waals surface area (Å²) in [7, 11) is 0. The summed E-state index contributed by atoms with van der Waals surface area (Å²) in [6, 6.07) is 0. The quantitative estimate of drug-likeness (QED) is 0.865. The van der Waals surface area contributed by atoms with Gasteiger partial charge < -0.3 is 5.32 Å². The van der Waals surface area contributed by atoms with Crippen molar-refractivity contribution in [3.63, 3.8) is 0 Å². The lowest BCUT2D eigenvalue weighted by Gasteiger charge is -2.11. The van der Waals surface area contributed by atoms with Gasteiger partial charge in [-0.05, 0) is 38.0 Å². The SMILES string of the molecule is c1nc2nc3c(c(NCC4CC4)n2n1)CCC3. The number of hydrogen-bond acceptors (Lipinski definition) is 4. The second-order valence-corrected chi connectivity index (χ2v) is 5.04. The number of fused-ring (bicyclic) bond motifs is 2. The number of rotatable bonds is 3. The van der Waals surface area contributed by atoms with Crippen molar-refractivity contribution in [3.8, 4) is 0 Å². The van der Waals surface area contributed by atoms with Crippen LogP contribution in [0.15, 0.2) is 6.33 Å². The minimum atomic E-state index is 0.726. The van der Waals surface area contributed by atoms with Crippen LogP contribution in [0.4, 0.5) is 5.82 Å². The van der Waals surface area contributed by atoms with E-state index < -0.39 is 0 Å². The number of aromatic nitrogens is 4. The summed E-state index contributed by atoms with van der Waals surface area (Å²) in [4.78, 5) is 8.77. The number of anilines is 1. The summed E-state index contributed by atoms with van der Waals surface area (Å²) < 4.78 is 1.85. The highest BCUT2D eigenvalue weighted by molar-refractivity contribution is 5.54. The Morgan fingerprint density at radius 3 is 3.18 bits per heavy atom. The van der Waals surface area contributed by atoms with Crippen molar-refractivity contribution in [1.82, 2.24) is 19.6 Å². The standard InChI is InChI=1S/C12H15N5/c1-2-9-10(3-1)16-12-14-7-15-17(12)11(9)13-6-8-4-5-8/h7-8,13H,1-6H2. The summed E-state index contributed by atoms with van der Waals surface area (Å²) in [6.07, 6.45) is 7.71. The van der Waals surface area contributed by atoms with Gasteiger partial charge >= 0.3 is 0 Å². The molecule has 5 heteroatoms. The predicted molar refractivity (Wildman–Crippen MR) is 64.0 cm³/mol. The molecule has 0 amide bonds. The molecule has 1 saturated carbocycles. The Bertz CT molecular complexity index is 570. The van der Waals surface area contributed by atoms with E-state index in [1.165, 1.54) is 30.5 Å². The maximum atomic E-state index is 4.57.